The Kier molecular flexibility index (Phi) is 4.54. The van der Waals surface area contributed by atoms with E-state index in [0.29, 0.717) is 4.47 Å². The lowest BCUT2D eigenvalue weighted by atomic mass is 10.3. The number of benzene rings is 1. The van der Waals surface area contributed by atoms with Crippen LogP contribution in [-0.2, 0) is 4.79 Å². The summed E-state index contributed by atoms with van der Waals surface area (Å²) in [6.07, 6.45) is -0.340. The van der Waals surface area contributed by atoms with E-state index in [9.17, 15) is 9.18 Å². The molecule has 84 valence electrons. The van der Waals surface area contributed by atoms with Crippen LogP contribution in [-0.4, -0.2) is 5.91 Å². The minimum absolute atomic E-state index is 0.0591. The zero-order valence-corrected chi connectivity index (χ0v) is 10.7. The van der Waals surface area contributed by atoms with Crippen LogP contribution < -0.4 is 5.32 Å². The first-order valence-corrected chi connectivity index (χ1v) is 5.52. The summed E-state index contributed by atoms with van der Waals surface area (Å²) < 4.78 is 13.6. The standard InChI is InChI=1S/C9H4BrCl2FN2O/c10-4-3-5(11)8(13)7(12)9(4)15-6(16)1-2-14/h3H,1H2,(H,15,16). The number of halogens is 4. The highest BCUT2D eigenvalue weighted by Gasteiger charge is 2.16. The number of amides is 1. The summed E-state index contributed by atoms with van der Waals surface area (Å²) in [5, 5.41) is 10.2. The number of hydrogen-bond acceptors (Lipinski definition) is 2. The van der Waals surface area contributed by atoms with E-state index in [0.717, 1.165) is 0 Å². The summed E-state index contributed by atoms with van der Waals surface area (Å²) in [7, 11) is 0. The van der Waals surface area contributed by atoms with Crippen molar-refractivity contribution in [3.8, 4) is 6.07 Å². The number of nitriles is 1. The van der Waals surface area contributed by atoms with Gasteiger partial charge in [0.05, 0.1) is 16.8 Å². The molecular weight excluding hydrogens is 322 g/mol. The van der Waals surface area contributed by atoms with E-state index in [-0.39, 0.29) is 22.2 Å². The van der Waals surface area contributed by atoms with Gasteiger partial charge in [0.1, 0.15) is 11.4 Å². The van der Waals surface area contributed by atoms with Crippen molar-refractivity contribution in [3.05, 3.63) is 26.4 Å². The van der Waals surface area contributed by atoms with Crippen molar-refractivity contribution in [2.75, 3.05) is 5.32 Å². The lowest BCUT2D eigenvalue weighted by molar-refractivity contribution is -0.115. The molecule has 0 saturated heterocycles. The molecule has 0 saturated carbocycles. The molecule has 3 nitrogen and oxygen atoms in total. The second-order valence-corrected chi connectivity index (χ2v) is 4.37. The van der Waals surface area contributed by atoms with E-state index in [1.54, 1.807) is 6.07 Å². The summed E-state index contributed by atoms with van der Waals surface area (Å²) in [6, 6.07) is 2.93. The topological polar surface area (TPSA) is 52.9 Å². The predicted molar refractivity (Wildman–Crippen MR) is 63.0 cm³/mol. The van der Waals surface area contributed by atoms with Crippen molar-refractivity contribution in [3.63, 3.8) is 0 Å². The maximum atomic E-state index is 13.3. The van der Waals surface area contributed by atoms with Crippen molar-refractivity contribution in [1.29, 1.82) is 5.26 Å². The van der Waals surface area contributed by atoms with Crippen LogP contribution in [0.15, 0.2) is 10.5 Å². The summed E-state index contributed by atoms with van der Waals surface area (Å²) in [5.74, 6) is -1.40. The first-order chi connectivity index (χ1) is 7.47. The molecule has 1 N–H and O–H groups in total. The molecule has 1 amide bonds. The van der Waals surface area contributed by atoms with Crippen molar-refractivity contribution < 1.29 is 9.18 Å². The summed E-state index contributed by atoms with van der Waals surface area (Å²) in [5.41, 5.74) is 0.0591. The van der Waals surface area contributed by atoms with Crippen LogP contribution in [0, 0.1) is 17.1 Å². The average Bonchev–Trinajstić information content (AvgIpc) is 2.22. The highest BCUT2D eigenvalue weighted by atomic mass is 79.9. The van der Waals surface area contributed by atoms with Gasteiger partial charge in [0, 0.05) is 4.47 Å². The van der Waals surface area contributed by atoms with Gasteiger partial charge in [-0.1, -0.05) is 23.2 Å². The fourth-order valence-corrected chi connectivity index (χ4v) is 2.21. The van der Waals surface area contributed by atoms with Gasteiger partial charge in [-0.3, -0.25) is 4.79 Å². The van der Waals surface area contributed by atoms with Gasteiger partial charge in [-0.15, -0.1) is 0 Å². The van der Waals surface area contributed by atoms with Gasteiger partial charge in [-0.05, 0) is 22.0 Å². The smallest absolute Gasteiger partial charge is 0.238 e. The molecule has 0 radical (unpaired) electrons. The maximum Gasteiger partial charge on any atom is 0.238 e. The highest BCUT2D eigenvalue weighted by Crippen LogP contribution is 2.36. The maximum absolute atomic E-state index is 13.3. The number of anilines is 1. The molecule has 0 unspecified atom stereocenters. The molecule has 0 aliphatic carbocycles. The summed E-state index contributed by atoms with van der Waals surface area (Å²) in [6.45, 7) is 0. The molecule has 0 aromatic heterocycles. The van der Waals surface area contributed by atoms with Gasteiger partial charge in [0.2, 0.25) is 5.91 Å². The molecule has 0 aliphatic heterocycles. The van der Waals surface area contributed by atoms with Crippen LogP contribution >= 0.6 is 39.1 Å². The van der Waals surface area contributed by atoms with Crippen molar-refractivity contribution in [1.82, 2.24) is 0 Å². The lowest BCUT2D eigenvalue weighted by Gasteiger charge is -2.09. The van der Waals surface area contributed by atoms with Gasteiger partial charge in [0.15, 0.2) is 5.82 Å². The highest BCUT2D eigenvalue weighted by molar-refractivity contribution is 9.10. The molecule has 7 heteroatoms. The Morgan fingerprint density at radius 2 is 2.25 bits per heavy atom. The second-order valence-electron chi connectivity index (χ2n) is 2.73. The molecule has 0 heterocycles. The third-order valence-corrected chi connectivity index (χ3v) is 2.87. The normalized spacial score (nSPS) is 9.69. The molecule has 1 aromatic carbocycles. The van der Waals surface area contributed by atoms with Gasteiger partial charge in [-0.2, -0.15) is 5.26 Å². The van der Waals surface area contributed by atoms with Crippen LogP contribution in [0.2, 0.25) is 10.0 Å². The number of rotatable bonds is 2. The molecule has 0 atom stereocenters. The van der Waals surface area contributed by atoms with Crippen molar-refractivity contribution in [2.45, 2.75) is 6.42 Å². The molecule has 16 heavy (non-hydrogen) atoms. The minimum Gasteiger partial charge on any atom is -0.323 e. The summed E-state index contributed by atoms with van der Waals surface area (Å²) >= 11 is 14.3. The summed E-state index contributed by atoms with van der Waals surface area (Å²) in [4.78, 5) is 11.1. The third-order valence-electron chi connectivity index (χ3n) is 1.62. The Labute approximate surface area is 109 Å². The molecule has 0 fully saturated rings. The number of nitrogens with zero attached hydrogens (tertiary/aromatic N) is 1. The van der Waals surface area contributed by atoms with Crippen molar-refractivity contribution >= 4 is 50.7 Å². The van der Waals surface area contributed by atoms with Gasteiger partial charge in [-0.25, -0.2) is 4.39 Å². The van der Waals surface area contributed by atoms with Crippen LogP contribution in [0.4, 0.5) is 10.1 Å². The number of nitrogens with one attached hydrogen (secondary N) is 1. The average molecular weight is 326 g/mol. The monoisotopic (exact) mass is 324 g/mol. The van der Waals surface area contributed by atoms with E-state index in [4.69, 9.17) is 28.5 Å². The largest absolute Gasteiger partial charge is 0.323 e. The fourth-order valence-electron chi connectivity index (χ4n) is 0.936. The molecule has 1 aromatic rings. The first-order valence-electron chi connectivity index (χ1n) is 3.97. The zero-order chi connectivity index (χ0) is 12.3. The molecule has 0 spiro atoms. The van der Waals surface area contributed by atoms with E-state index in [1.165, 1.54) is 6.07 Å². The second kappa shape index (κ2) is 5.48. The zero-order valence-electron chi connectivity index (χ0n) is 7.65. The van der Waals surface area contributed by atoms with Crippen LogP contribution in [0.3, 0.4) is 0 Å². The predicted octanol–water partition coefficient (Wildman–Crippen LogP) is 3.75. The Hall–Kier alpha value is -0.830. The Morgan fingerprint density at radius 1 is 1.62 bits per heavy atom. The number of carbonyl (C=O) groups excluding carboxylic acids is 1. The van der Waals surface area contributed by atoms with Gasteiger partial charge in [0.25, 0.3) is 0 Å². The lowest BCUT2D eigenvalue weighted by Crippen LogP contribution is -2.11. The van der Waals surface area contributed by atoms with Crippen LogP contribution in [0.5, 0.6) is 0 Å². The minimum atomic E-state index is -0.821. The van der Waals surface area contributed by atoms with E-state index < -0.39 is 11.7 Å². The SMILES string of the molecule is N#CCC(=O)Nc1c(Br)cc(Cl)c(F)c1Cl. The third kappa shape index (κ3) is 2.85. The number of hydrogen-bond donors (Lipinski definition) is 1. The molecule has 1 rings (SSSR count). The van der Waals surface area contributed by atoms with Gasteiger partial charge >= 0.3 is 0 Å². The van der Waals surface area contributed by atoms with Gasteiger partial charge < -0.3 is 5.32 Å². The number of carbonyl (C=O) groups is 1. The first kappa shape index (κ1) is 13.2. The van der Waals surface area contributed by atoms with Crippen LogP contribution in [0.25, 0.3) is 0 Å². The van der Waals surface area contributed by atoms with E-state index in [1.807, 2.05) is 0 Å². The van der Waals surface area contributed by atoms with Crippen LogP contribution in [0.1, 0.15) is 6.42 Å². The quantitative estimate of drug-likeness (QED) is 0.665. The fraction of sp³-hybridized carbons (Fsp3) is 0.111. The Balaban J connectivity index is 3.11. The van der Waals surface area contributed by atoms with Crippen molar-refractivity contribution in [2.24, 2.45) is 0 Å². The van der Waals surface area contributed by atoms with E-state index in [2.05, 4.69) is 21.2 Å². The Bertz CT molecular complexity index is 487. The molecular formula is C9H4BrCl2FN2O. The Morgan fingerprint density at radius 3 is 2.81 bits per heavy atom. The molecule has 0 bridgehead atoms. The van der Waals surface area contributed by atoms with E-state index >= 15 is 0 Å². The molecule has 0 aliphatic rings.